The first-order valence-electron chi connectivity index (χ1n) is 11.0. The number of nitrogens with zero attached hydrogens (tertiary/aromatic N) is 2. The highest BCUT2D eigenvalue weighted by Gasteiger charge is 2.14. The summed E-state index contributed by atoms with van der Waals surface area (Å²) in [7, 11) is 3.33. The van der Waals surface area contributed by atoms with Gasteiger partial charge in [-0.25, -0.2) is 9.79 Å². The van der Waals surface area contributed by atoms with Gasteiger partial charge in [0.05, 0.1) is 32.1 Å². The Labute approximate surface area is 205 Å². The molecule has 178 valence electrons. The van der Waals surface area contributed by atoms with Gasteiger partial charge in [-0.15, -0.1) is 0 Å². The van der Waals surface area contributed by atoms with Gasteiger partial charge in [0.25, 0.3) is 0 Å². The second kappa shape index (κ2) is 12.7. The summed E-state index contributed by atoms with van der Waals surface area (Å²) in [6.07, 6.45) is 2.01. The normalized spacial score (nSPS) is 11.1. The van der Waals surface area contributed by atoms with Gasteiger partial charge in [-0.1, -0.05) is 36.0 Å². The number of thioether (sulfide) groups is 1. The molecular weight excluding hydrogens is 448 g/mol. The van der Waals surface area contributed by atoms with Gasteiger partial charge >= 0.3 is 5.97 Å². The van der Waals surface area contributed by atoms with E-state index in [4.69, 9.17) is 19.2 Å². The first-order chi connectivity index (χ1) is 16.6. The number of aliphatic imine (C=N–C) groups is 1. The van der Waals surface area contributed by atoms with E-state index in [9.17, 15) is 4.79 Å². The summed E-state index contributed by atoms with van der Waals surface area (Å²) in [5, 5.41) is 0.871. The molecule has 0 saturated heterocycles. The maximum atomic E-state index is 12.0. The van der Waals surface area contributed by atoms with E-state index in [1.54, 1.807) is 45.0 Å². The summed E-state index contributed by atoms with van der Waals surface area (Å²) in [6.45, 7) is 3.50. The average molecular weight is 479 g/mol. The molecule has 0 N–H and O–H groups in total. The third kappa shape index (κ3) is 7.02. The zero-order valence-electron chi connectivity index (χ0n) is 20.0. The Kier molecular flexibility index (Phi) is 9.40. The minimum Gasteiger partial charge on any atom is -0.497 e. The lowest BCUT2D eigenvalue weighted by atomic mass is 10.1. The van der Waals surface area contributed by atoms with E-state index in [0.717, 1.165) is 33.5 Å². The number of esters is 1. The van der Waals surface area contributed by atoms with Crippen LogP contribution in [0.25, 0.3) is 0 Å². The Bertz CT molecular complexity index is 1030. The summed E-state index contributed by atoms with van der Waals surface area (Å²) in [6, 6.07) is 23.3. The quantitative estimate of drug-likeness (QED) is 0.216. The van der Waals surface area contributed by atoms with Crippen LogP contribution in [0.4, 0.5) is 5.69 Å². The average Bonchev–Trinajstić information content (AvgIpc) is 2.88. The number of hydrogen-bond acceptors (Lipinski definition) is 6. The fourth-order valence-corrected chi connectivity index (χ4v) is 3.92. The van der Waals surface area contributed by atoms with Crippen molar-refractivity contribution in [3.05, 3.63) is 89.5 Å². The Morgan fingerprint density at radius 1 is 0.824 bits per heavy atom. The van der Waals surface area contributed by atoms with Crippen LogP contribution >= 0.6 is 11.8 Å². The van der Waals surface area contributed by atoms with E-state index in [2.05, 4.69) is 29.2 Å². The van der Waals surface area contributed by atoms with Crippen LogP contribution in [-0.4, -0.2) is 43.1 Å². The van der Waals surface area contributed by atoms with Gasteiger partial charge in [-0.3, -0.25) is 0 Å². The van der Waals surface area contributed by atoms with Gasteiger partial charge < -0.3 is 19.1 Å². The fourth-order valence-electron chi connectivity index (χ4n) is 3.34. The maximum absolute atomic E-state index is 12.0. The van der Waals surface area contributed by atoms with Crippen molar-refractivity contribution in [1.82, 2.24) is 4.90 Å². The molecule has 3 aromatic rings. The molecule has 6 nitrogen and oxygen atoms in total. The fraction of sp³-hybridized carbons (Fsp3) is 0.259. The Balaban J connectivity index is 1.88. The standard InChI is InChI=1S/C27H30N2O4S/c1-5-33-26(30)22-10-12-23(13-11-22)28-27(34-4)29(18-20-6-14-24(31-2)15-7-20)19-21-8-16-25(32-3)17-9-21/h6-17H,5,18-19H2,1-4H3. The maximum Gasteiger partial charge on any atom is 0.338 e. The monoisotopic (exact) mass is 478 g/mol. The van der Waals surface area contributed by atoms with Gasteiger partial charge in [0.2, 0.25) is 0 Å². The van der Waals surface area contributed by atoms with Crippen molar-refractivity contribution in [1.29, 1.82) is 0 Å². The number of methoxy groups -OCH3 is 2. The highest BCUT2D eigenvalue weighted by atomic mass is 32.2. The highest BCUT2D eigenvalue weighted by molar-refractivity contribution is 8.13. The van der Waals surface area contributed by atoms with Crippen LogP contribution in [-0.2, 0) is 17.8 Å². The molecule has 34 heavy (non-hydrogen) atoms. The molecule has 3 rings (SSSR count). The van der Waals surface area contributed by atoms with Crippen molar-refractivity contribution in [3.8, 4) is 11.5 Å². The Morgan fingerprint density at radius 2 is 1.32 bits per heavy atom. The van der Waals surface area contributed by atoms with E-state index >= 15 is 0 Å². The molecule has 0 radical (unpaired) electrons. The number of benzene rings is 3. The molecule has 0 spiro atoms. The summed E-state index contributed by atoms with van der Waals surface area (Å²) in [5.74, 6) is 1.32. The van der Waals surface area contributed by atoms with Crippen LogP contribution in [0, 0.1) is 0 Å². The van der Waals surface area contributed by atoms with E-state index in [1.165, 1.54) is 0 Å². The van der Waals surface area contributed by atoms with Gasteiger partial charge in [0, 0.05) is 13.1 Å². The molecule has 0 heterocycles. The third-order valence-electron chi connectivity index (χ3n) is 5.12. The van der Waals surface area contributed by atoms with Crippen LogP contribution in [0.15, 0.2) is 77.8 Å². The SMILES string of the molecule is CCOC(=O)c1ccc(N=C(SC)N(Cc2ccc(OC)cc2)Cc2ccc(OC)cc2)cc1. The number of hydrogen-bond donors (Lipinski definition) is 0. The molecule has 0 aliphatic rings. The molecule has 7 heteroatoms. The van der Waals surface area contributed by atoms with Crippen LogP contribution in [0.3, 0.4) is 0 Å². The largest absolute Gasteiger partial charge is 0.497 e. The number of rotatable bonds is 9. The van der Waals surface area contributed by atoms with Crippen molar-refractivity contribution in [2.75, 3.05) is 27.1 Å². The predicted octanol–water partition coefficient (Wildman–Crippen LogP) is 5.93. The first-order valence-corrected chi connectivity index (χ1v) is 12.2. The Morgan fingerprint density at radius 3 is 1.74 bits per heavy atom. The number of carbonyl (C=O) groups is 1. The lowest BCUT2D eigenvalue weighted by Crippen LogP contribution is -2.27. The molecule has 0 aliphatic heterocycles. The summed E-state index contributed by atoms with van der Waals surface area (Å²) in [4.78, 5) is 19.1. The van der Waals surface area contributed by atoms with Gasteiger partial charge in [-0.05, 0) is 72.8 Å². The second-order valence-corrected chi connectivity index (χ2v) is 8.19. The first kappa shape index (κ1) is 25.2. The summed E-state index contributed by atoms with van der Waals surface area (Å²) >= 11 is 1.58. The van der Waals surface area contributed by atoms with Gasteiger partial charge in [0.15, 0.2) is 5.17 Å². The van der Waals surface area contributed by atoms with Gasteiger partial charge in [-0.2, -0.15) is 0 Å². The smallest absolute Gasteiger partial charge is 0.338 e. The molecule has 0 amide bonds. The van der Waals surface area contributed by atoms with Crippen molar-refractivity contribution in [2.45, 2.75) is 20.0 Å². The second-order valence-electron chi connectivity index (χ2n) is 7.42. The molecule has 0 aliphatic carbocycles. The van der Waals surface area contributed by atoms with Crippen LogP contribution in [0.2, 0.25) is 0 Å². The molecule has 0 fully saturated rings. The van der Waals surface area contributed by atoms with E-state index in [0.29, 0.717) is 25.3 Å². The zero-order valence-corrected chi connectivity index (χ0v) is 20.8. The van der Waals surface area contributed by atoms with Crippen LogP contribution < -0.4 is 9.47 Å². The van der Waals surface area contributed by atoms with E-state index < -0.39 is 0 Å². The van der Waals surface area contributed by atoms with Crippen molar-refractivity contribution < 1.29 is 19.0 Å². The van der Waals surface area contributed by atoms with E-state index in [1.807, 2.05) is 42.7 Å². The molecule has 0 aromatic heterocycles. The van der Waals surface area contributed by atoms with Crippen molar-refractivity contribution >= 4 is 28.6 Å². The van der Waals surface area contributed by atoms with Gasteiger partial charge in [0.1, 0.15) is 11.5 Å². The molecule has 3 aromatic carbocycles. The van der Waals surface area contributed by atoms with Crippen molar-refractivity contribution in [2.24, 2.45) is 4.99 Å². The lowest BCUT2D eigenvalue weighted by Gasteiger charge is -2.26. The highest BCUT2D eigenvalue weighted by Crippen LogP contribution is 2.23. The number of carbonyl (C=O) groups excluding carboxylic acids is 1. The minimum atomic E-state index is -0.330. The molecular formula is C27H30N2O4S. The molecule has 0 atom stereocenters. The summed E-state index contributed by atoms with van der Waals surface area (Å²) in [5.41, 5.74) is 3.58. The molecule has 0 bridgehead atoms. The summed E-state index contributed by atoms with van der Waals surface area (Å²) < 4.78 is 15.7. The number of ether oxygens (including phenoxy) is 3. The molecule has 0 saturated carbocycles. The third-order valence-corrected chi connectivity index (χ3v) is 5.84. The Hall–Kier alpha value is -3.45. The zero-order chi connectivity index (χ0) is 24.3. The predicted molar refractivity (Wildman–Crippen MR) is 138 cm³/mol. The number of amidine groups is 1. The van der Waals surface area contributed by atoms with Crippen LogP contribution in [0.5, 0.6) is 11.5 Å². The van der Waals surface area contributed by atoms with Crippen LogP contribution in [0.1, 0.15) is 28.4 Å². The molecule has 0 unspecified atom stereocenters. The van der Waals surface area contributed by atoms with E-state index in [-0.39, 0.29) is 5.97 Å². The van der Waals surface area contributed by atoms with Crippen molar-refractivity contribution in [3.63, 3.8) is 0 Å². The minimum absolute atomic E-state index is 0.330. The topological polar surface area (TPSA) is 60.4 Å². The lowest BCUT2D eigenvalue weighted by molar-refractivity contribution is 0.0526.